The Labute approximate surface area is 132 Å². The Balaban J connectivity index is 1.64. The van der Waals surface area contributed by atoms with Crippen molar-refractivity contribution in [2.45, 2.75) is 63.6 Å². The summed E-state index contributed by atoms with van der Waals surface area (Å²) < 4.78 is 6.22. The summed E-state index contributed by atoms with van der Waals surface area (Å²) >= 11 is 0. The van der Waals surface area contributed by atoms with Crippen molar-refractivity contribution in [3.63, 3.8) is 0 Å². The number of nitrogens with one attached hydrogen (secondary N) is 1. The van der Waals surface area contributed by atoms with Gasteiger partial charge in [-0.05, 0) is 32.1 Å². The summed E-state index contributed by atoms with van der Waals surface area (Å²) in [6.45, 7) is 4.97. The Hall–Kier alpha value is -1.43. The minimum absolute atomic E-state index is 0.212. The standard InChI is InChI=1S/C16H27N5O/c1-11(2)13-18-14(20-15(19-13)21(3)4)17-10-12-6-9-16(22-12)7-5-8-16/h11-12H,5-10H2,1-4H3,(H,17,18,19,20). The van der Waals surface area contributed by atoms with E-state index in [2.05, 4.69) is 34.1 Å². The van der Waals surface area contributed by atoms with Crippen LogP contribution in [0.5, 0.6) is 0 Å². The van der Waals surface area contributed by atoms with Gasteiger partial charge in [0.05, 0.1) is 11.7 Å². The number of hydrogen-bond acceptors (Lipinski definition) is 6. The SMILES string of the molecule is CC(C)c1nc(NCC2CCC3(CCC3)O2)nc(N(C)C)n1. The van der Waals surface area contributed by atoms with E-state index in [9.17, 15) is 0 Å². The van der Waals surface area contributed by atoms with Gasteiger partial charge in [-0.25, -0.2) is 0 Å². The van der Waals surface area contributed by atoms with Crippen molar-refractivity contribution < 1.29 is 4.74 Å². The van der Waals surface area contributed by atoms with E-state index in [4.69, 9.17) is 4.74 Å². The molecule has 1 saturated carbocycles. The third kappa shape index (κ3) is 3.16. The first-order chi connectivity index (χ1) is 10.5. The van der Waals surface area contributed by atoms with Gasteiger partial charge in [0.25, 0.3) is 0 Å². The van der Waals surface area contributed by atoms with Crippen LogP contribution in [-0.4, -0.2) is 47.3 Å². The van der Waals surface area contributed by atoms with E-state index in [1.807, 2.05) is 19.0 Å². The van der Waals surface area contributed by atoms with E-state index in [1.165, 1.54) is 25.7 Å². The maximum absolute atomic E-state index is 6.22. The molecule has 1 aromatic heterocycles. The van der Waals surface area contributed by atoms with Gasteiger partial charge in [-0.3, -0.25) is 0 Å². The molecule has 1 N–H and O–H groups in total. The zero-order valence-corrected chi connectivity index (χ0v) is 14.1. The molecule has 122 valence electrons. The van der Waals surface area contributed by atoms with Gasteiger partial charge >= 0.3 is 0 Å². The molecular weight excluding hydrogens is 278 g/mol. The quantitative estimate of drug-likeness (QED) is 0.902. The molecule has 6 nitrogen and oxygen atoms in total. The third-order valence-electron chi connectivity index (χ3n) is 4.65. The monoisotopic (exact) mass is 305 g/mol. The van der Waals surface area contributed by atoms with Crippen LogP contribution in [0, 0.1) is 0 Å². The maximum atomic E-state index is 6.22. The molecule has 6 heteroatoms. The second-order valence-electron chi connectivity index (χ2n) is 7.06. The van der Waals surface area contributed by atoms with Crippen LogP contribution in [0.2, 0.25) is 0 Å². The number of anilines is 2. The van der Waals surface area contributed by atoms with E-state index in [-0.39, 0.29) is 17.6 Å². The molecule has 1 aliphatic heterocycles. The summed E-state index contributed by atoms with van der Waals surface area (Å²) in [5.41, 5.74) is 0.212. The lowest BCUT2D eigenvalue weighted by Gasteiger charge is -2.38. The first-order valence-electron chi connectivity index (χ1n) is 8.32. The molecule has 1 unspecified atom stereocenters. The second-order valence-corrected chi connectivity index (χ2v) is 7.06. The molecule has 22 heavy (non-hydrogen) atoms. The zero-order chi connectivity index (χ0) is 15.7. The van der Waals surface area contributed by atoms with Crippen LogP contribution < -0.4 is 10.2 Å². The van der Waals surface area contributed by atoms with Crippen LogP contribution in [0.3, 0.4) is 0 Å². The van der Waals surface area contributed by atoms with Crippen LogP contribution in [-0.2, 0) is 4.74 Å². The predicted molar refractivity (Wildman–Crippen MR) is 87.4 cm³/mol. The van der Waals surface area contributed by atoms with Gasteiger partial charge in [0.1, 0.15) is 5.82 Å². The number of ether oxygens (including phenoxy) is 1. The molecule has 1 saturated heterocycles. The van der Waals surface area contributed by atoms with Crippen LogP contribution in [0.25, 0.3) is 0 Å². The number of nitrogens with zero attached hydrogens (tertiary/aromatic N) is 4. The summed E-state index contributed by atoms with van der Waals surface area (Å²) in [4.78, 5) is 15.4. The van der Waals surface area contributed by atoms with Gasteiger partial charge in [-0.15, -0.1) is 0 Å². The van der Waals surface area contributed by atoms with Crippen molar-refractivity contribution in [2.75, 3.05) is 30.9 Å². The first kappa shape index (κ1) is 15.5. The Morgan fingerprint density at radius 3 is 2.55 bits per heavy atom. The van der Waals surface area contributed by atoms with Crippen LogP contribution in [0.1, 0.15) is 57.7 Å². The minimum atomic E-state index is 0.212. The van der Waals surface area contributed by atoms with Crippen molar-refractivity contribution in [3.8, 4) is 0 Å². The first-order valence-corrected chi connectivity index (χ1v) is 8.32. The van der Waals surface area contributed by atoms with Crippen molar-refractivity contribution >= 4 is 11.9 Å². The molecule has 2 aliphatic rings. The highest BCUT2D eigenvalue weighted by Crippen LogP contribution is 2.45. The van der Waals surface area contributed by atoms with Crippen LogP contribution in [0.4, 0.5) is 11.9 Å². The van der Waals surface area contributed by atoms with E-state index in [0.29, 0.717) is 11.9 Å². The molecule has 0 radical (unpaired) electrons. The summed E-state index contributed by atoms with van der Waals surface area (Å²) in [7, 11) is 3.90. The molecule has 1 spiro atoms. The third-order valence-corrected chi connectivity index (χ3v) is 4.65. The number of hydrogen-bond donors (Lipinski definition) is 1. The summed E-state index contributed by atoms with van der Waals surface area (Å²) in [5, 5.41) is 3.35. The van der Waals surface area contributed by atoms with Crippen molar-refractivity contribution in [3.05, 3.63) is 5.82 Å². The van der Waals surface area contributed by atoms with Crippen molar-refractivity contribution in [1.29, 1.82) is 0 Å². The van der Waals surface area contributed by atoms with Gasteiger partial charge in [-0.2, -0.15) is 15.0 Å². The lowest BCUT2D eigenvalue weighted by molar-refractivity contribution is -0.0867. The Morgan fingerprint density at radius 1 is 1.23 bits per heavy atom. The van der Waals surface area contributed by atoms with Crippen molar-refractivity contribution in [1.82, 2.24) is 15.0 Å². The lowest BCUT2D eigenvalue weighted by Crippen LogP contribution is -2.37. The van der Waals surface area contributed by atoms with Crippen LogP contribution in [0.15, 0.2) is 0 Å². The van der Waals surface area contributed by atoms with Gasteiger partial charge in [-0.1, -0.05) is 13.8 Å². The molecule has 0 amide bonds. The highest BCUT2D eigenvalue weighted by Gasteiger charge is 2.44. The smallest absolute Gasteiger partial charge is 0.229 e. The topological polar surface area (TPSA) is 63.2 Å². The van der Waals surface area contributed by atoms with Gasteiger partial charge < -0.3 is 15.0 Å². The second kappa shape index (κ2) is 5.99. The normalized spacial score (nSPS) is 22.9. The van der Waals surface area contributed by atoms with E-state index in [0.717, 1.165) is 18.8 Å². The molecule has 2 heterocycles. The molecule has 2 fully saturated rings. The van der Waals surface area contributed by atoms with Crippen LogP contribution >= 0.6 is 0 Å². The van der Waals surface area contributed by atoms with Gasteiger partial charge in [0.2, 0.25) is 11.9 Å². The average Bonchev–Trinajstić information content (AvgIpc) is 2.89. The minimum Gasteiger partial charge on any atom is -0.370 e. The van der Waals surface area contributed by atoms with Gasteiger partial charge in [0.15, 0.2) is 0 Å². The van der Waals surface area contributed by atoms with E-state index in [1.54, 1.807) is 0 Å². The highest BCUT2D eigenvalue weighted by molar-refractivity contribution is 5.36. The summed E-state index contributed by atoms with van der Waals surface area (Å²) in [6.07, 6.45) is 6.40. The largest absolute Gasteiger partial charge is 0.370 e. The fraction of sp³-hybridized carbons (Fsp3) is 0.812. The summed E-state index contributed by atoms with van der Waals surface area (Å²) in [5.74, 6) is 2.46. The van der Waals surface area contributed by atoms with E-state index >= 15 is 0 Å². The van der Waals surface area contributed by atoms with Crippen molar-refractivity contribution in [2.24, 2.45) is 0 Å². The zero-order valence-electron chi connectivity index (χ0n) is 14.1. The molecular formula is C16H27N5O. The average molecular weight is 305 g/mol. The Morgan fingerprint density at radius 2 is 2.00 bits per heavy atom. The molecule has 1 atom stereocenters. The lowest BCUT2D eigenvalue weighted by atomic mass is 9.78. The fourth-order valence-electron chi connectivity index (χ4n) is 3.10. The Bertz CT molecular complexity index is 501. The number of rotatable bonds is 5. The molecule has 3 rings (SSSR count). The molecule has 0 aromatic carbocycles. The fourth-order valence-corrected chi connectivity index (χ4v) is 3.10. The molecule has 1 aliphatic carbocycles. The van der Waals surface area contributed by atoms with E-state index < -0.39 is 0 Å². The Kier molecular flexibility index (Phi) is 4.21. The maximum Gasteiger partial charge on any atom is 0.229 e. The number of aromatic nitrogens is 3. The van der Waals surface area contributed by atoms with Gasteiger partial charge in [0, 0.05) is 26.6 Å². The summed E-state index contributed by atoms with van der Waals surface area (Å²) in [6, 6.07) is 0. The highest BCUT2D eigenvalue weighted by atomic mass is 16.5. The molecule has 1 aromatic rings. The molecule has 0 bridgehead atoms. The predicted octanol–water partition coefficient (Wildman–Crippen LogP) is 2.57.